The lowest BCUT2D eigenvalue weighted by Crippen LogP contribution is -2.63. The summed E-state index contributed by atoms with van der Waals surface area (Å²) in [5.41, 5.74) is -1.96. The maximum Gasteiger partial charge on any atom is 0.332 e. The second kappa shape index (κ2) is 27.1. The van der Waals surface area contributed by atoms with Crippen LogP contribution in [0.1, 0.15) is 147 Å². The van der Waals surface area contributed by atoms with Crippen LogP contribution in [0.4, 0.5) is 0 Å². The number of cyclic esters (lactones) is 1. The Bertz CT molecular complexity index is 1950. The molecule has 416 valence electrons. The highest BCUT2D eigenvalue weighted by Gasteiger charge is 2.48. The van der Waals surface area contributed by atoms with Crippen LogP contribution in [0, 0.1) is 35.5 Å². The Morgan fingerprint density at radius 3 is 1.64 bits per heavy atom. The molecule has 0 bridgehead atoms. The molecule has 3 fully saturated rings. The van der Waals surface area contributed by atoms with Crippen molar-refractivity contribution in [2.75, 3.05) is 41.3 Å². The Morgan fingerprint density at radius 1 is 0.616 bits per heavy atom. The highest BCUT2D eigenvalue weighted by Crippen LogP contribution is 2.30. The van der Waals surface area contributed by atoms with Crippen LogP contribution in [-0.4, -0.2) is 189 Å². The van der Waals surface area contributed by atoms with Gasteiger partial charge in [-0.05, 0) is 82.0 Å². The maximum absolute atomic E-state index is 14.8. The van der Waals surface area contributed by atoms with Crippen molar-refractivity contribution >= 4 is 53.2 Å². The molecule has 1 saturated carbocycles. The van der Waals surface area contributed by atoms with E-state index in [1.807, 2.05) is 20.8 Å². The van der Waals surface area contributed by atoms with Gasteiger partial charge in [-0.25, -0.2) is 4.79 Å². The largest absolute Gasteiger partial charge is 0.450 e. The number of hydrogen-bond acceptors (Lipinski definition) is 12. The summed E-state index contributed by atoms with van der Waals surface area (Å²) in [5.74, 6) is -9.22. The van der Waals surface area contributed by atoms with E-state index in [1.54, 1.807) is 48.5 Å². The zero-order chi connectivity index (χ0) is 55.6. The number of ether oxygens (including phenoxy) is 1. The first-order valence-electron chi connectivity index (χ1n) is 26.8. The number of nitrogens with zero attached hydrogens (tertiary/aromatic N) is 5. The third kappa shape index (κ3) is 15.2. The number of fused-ring (bicyclic) bond motifs is 1. The third-order valence-electron chi connectivity index (χ3n) is 15.5. The summed E-state index contributed by atoms with van der Waals surface area (Å²) in [6.07, 6.45) is 3.64. The van der Waals surface area contributed by atoms with E-state index < -0.39 is 144 Å². The molecule has 2 saturated heterocycles. The van der Waals surface area contributed by atoms with Crippen molar-refractivity contribution in [2.24, 2.45) is 35.5 Å². The fraction of sp³-hybridized carbons (Fsp3) is 0.830. The predicted molar refractivity (Wildman–Crippen MR) is 275 cm³/mol. The van der Waals surface area contributed by atoms with Crippen LogP contribution in [0.25, 0.3) is 0 Å². The molecule has 0 aromatic carbocycles. The molecular weight excluding hydrogens is 941 g/mol. The average Bonchev–Trinajstić information content (AvgIpc) is 3.82. The van der Waals surface area contributed by atoms with Crippen molar-refractivity contribution in [2.45, 2.75) is 207 Å². The van der Waals surface area contributed by atoms with Crippen molar-refractivity contribution < 1.29 is 58.1 Å². The number of aliphatic hydroxyl groups excluding tert-OH is 1. The molecule has 0 radical (unpaired) electrons. The molecule has 3 rings (SSSR count). The lowest BCUT2D eigenvalue weighted by molar-refractivity contribution is -0.177. The summed E-state index contributed by atoms with van der Waals surface area (Å²) in [4.78, 5) is 138. The van der Waals surface area contributed by atoms with Gasteiger partial charge in [0.05, 0.1) is 12.2 Å². The van der Waals surface area contributed by atoms with Crippen molar-refractivity contribution in [1.82, 2.24) is 40.4 Å². The minimum absolute atomic E-state index is 0.0880. The van der Waals surface area contributed by atoms with Gasteiger partial charge in [0, 0.05) is 40.7 Å². The molecule has 2 heterocycles. The molecule has 8 amide bonds. The van der Waals surface area contributed by atoms with Crippen molar-refractivity contribution in [3.63, 3.8) is 0 Å². The van der Waals surface area contributed by atoms with Crippen molar-refractivity contribution in [3.05, 3.63) is 0 Å². The zero-order valence-corrected chi connectivity index (χ0v) is 46.9. The average molecular weight is 1030 g/mol. The predicted octanol–water partition coefficient (Wildman–Crippen LogP) is 2.46. The number of rotatable bonds is 11. The molecule has 20 nitrogen and oxygen atoms in total. The number of carbonyl (C=O) groups excluding carboxylic acids is 9. The van der Waals surface area contributed by atoms with Gasteiger partial charge in [0.25, 0.3) is 5.91 Å². The van der Waals surface area contributed by atoms with Crippen LogP contribution in [0.3, 0.4) is 0 Å². The Kier molecular flexibility index (Phi) is 23.2. The summed E-state index contributed by atoms with van der Waals surface area (Å²) in [5, 5.41) is 31.2. The van der Waals surface area contributed by atoms with E-state index in [4.69, 9.17) is 4.74 Å². The highest BCUT2D eigenvalue weighted by atomic mass is 16.6. The summed E-state index contributed by atoms with van der Waals surface area (Å²) >= 11 is 0. The maximum atomic E-state index is 14.8. The first kappa shape index (κ1) is 62.4. The first-order chi connectivity index (χ1) is 34.0. The molecule has 1 aliphatic carbocycles. The van der Waals surface area contributed by atoms with E-state index in [1.165, 1.54) is 56.7 Å². The van der Waals surface area contributed by atoms with Crippen LogP contribution in [0.5, 0.6) is 0 Å². The van der Waals surface area contributed by atoms with E-state index in [0.717, 1.165) is 29.1 Å². The number of likely N-dealkylation sites (N-methyl/N-ethyl adjacent to an activating group) is 4. The second-order valence-corrected chi connectivity index (χ2v) is 22.8. The smallest absolute Gasteiger partial charge is 0.332 e. The molecule has 11 atom stereocenters. The zero-order valence-electron chi connectivity index (χ0n) is 46.9. The van der Waals surface area contributed by atoms with E-state index in [9.17, 15) is 53.4 Å². The number of aliphatic hydroxyl groups is 2. The highest BCUT2D eigenvalue weighted by molar-refractivity contribution is 5.99. The minimum Gasteiger partial charge on any atom is -0.450 e. The number of nitrogens with one attached hydrogen (secondary N) is 3. The number of carbonyl (C=O) groups is 9. The standard InChI is InChI=1S/C53H92N8O12/c1-17-32(9)38-49(68)58(14)40(30(5)6)45(64)54-35(27-29(3)4)47(66)60(16)43(53(11,12)72)52(71)73-42(33(10)18-2)51(70)59(15)41(31(7)8)46(65)56-39(34-23-20-19-21-24-34)50(69)57(13)37(28-62)48(67)61-26-22-25-36(61)44(63)55-38/h29-43,62,72H,17-28H2,1-16H3,(H,54,64)(H,55,63)(H,56,65)/t32-,33-,35-,36-,37+,38-,39-,40-,41-,42+,43+/m0/s1. The van der Waals surface area contributed by atoms with Crippen molar-refractivity contribution in [1.29, 1.82) is 0 Å². The van der Waals surface area contributed by atoms with Gasteiger partial charge < -0.3 is 55.4 Å². The lowest BCUT2D eigenvalue weighted by Gasteiger charge is -2.40. The van der Waals surface area contributed by atoms with E-state index >= 15 is 0 Å². The van der Waals surface area contributed by atoms with Gasteiger partial charge in [-0.15, -0.1) is 0 Å². The van der Waals surface area contributed by atoms with Crippen LogP contribution < -0.4 is 16.0 Å². The van der Waals surface area contributed by atoms with Crippen molar-refractivity contribution in [3.8, 4) is 0 Å². The van der Waals surface area contributed by atoms with Gasteiger partial charge in [0.15, 0.2) is 12.1 Å². The molecule has 3 aliphatic rings. The lowest BCUT2D eigenvalue weighted by atomic mass is 9.83. The summed E-state index contributed by atoms with van der Waals surface area (Å²) in [7, 11) is 5.52. The number of hydrogen-bond donors (Lipinski definition) is 5. The van der Waals surface area contributed by atoms with Gasteiger partial charge in [0.2, 0.25) is 41.4 Å². The summed E-state index contributed by atoms with van der Waals surface area (Å²) in [6, 6.07) is -10.2. The van der Waals surface area contributed by atoms with Gasteiger partial charge in [0.1, 0.15) is 42.3 Å². The van der Waals surface area contributed by atoms with E-state index in [-0.39, 0.29) is 31.2 Å². The molecule has 0 unspecified atom stereocenters. The van der Waals surface area contributed by atoms with Gasteiger partial charge in [-0.1, -0.05) is 94.9 Å². The quantitative estimate of drug-likeness (QED) is 0.187. The second-order valence-electron chi connectivity index (χ2n) is 22.8. The Balaban J connectivity index is 2.32. The molecular formula is C53H92N8O12. The minimum atomic E-state index is -1.96. The van der Waals surface area contributed by atoms with E-state index in [2.05, 4.69) is 16.0 Å². The fourth-order valence-corrected chi connectivity index (χ4v) is 10.9. The molecule has 0 spiro atoms. The number of amides is 8. The first-order valence-corrected chi connectivity index (χ1v) is 26.8. The topological polar surface area (TPSA) is 256 Å². The summed E-state index contributed by atoms with van der Waals surface area (Å²) < 4.78 is 6.05. The SMILES string of the molecule is CC[C@H](C)[C@@H]1NC(=O)[C@@H]2CCCN2C(=O)[C@@H](CO)N(C)C(=O)[C@H](C2CCCCC2)NC(=O)[C@H](C(C)C)N(C)C(=O)[C@@H]([C@@H](C)CC)OC(=O)[C@H](C(C)(C)O)N(C)C(=O)[C@H](CC(C)C)NC(=O)[C@H](C(C)C)N(C)C1=O. The van der Waals surface area contributed by atoms with Gasteiger partial charge in [-0.2, -0.15) is 0 Å². The Hall–Kier alpha value is -4.85. The van der Waals surface area contributed by atoms with Gasteiger partial charge >= 0.3 is 5.97 Å². The molecule has 5 N–H and O–H groups in total. The molecule has 73 heavy (non-hydrogen) atoms. The molecule has 0 aromatic heterocycles. The van der Waals surface area contributed by atoms with Crippen LogP contribution in [0.2, 0.25) is 0 Å². The monoisotopic (exact) mass is 1030 g/mol. The Morgan fingerprint density at radius 2 is 1.15 bits per heavy atom. The summed E-state index contributed by atoms with van der Waals surface area (Å²) in [6.45, 7) is 19.7. The van der Waals surface area contributed by atoms with Crippen LogP contribution in [0.15, 0.2) is 0 Å². The molecule has 2 aliphatic heterocycles. The van der Waals surface area contributed by atoms with Crippen LogP contribution >= 0.6 is 0 Å². The Labute approximate surface area is 434 Å². The van der Waals surface area contributed by atoms with Gasteiger partial charge in [-0.3, -0.25) is 38.4 Å². The van der Waals surface area contributed by atoms with Crippen LogP contribution in [-0.2, 0) is 47.9 Å². The molecule has 20 heteroatoms. The number of esters is 1. The normalized spacial score (nSPS) is 29.4. The fourth-order valence-electron chi connectivity index (χ4n) is 10.9. The molecule has 0 aromatic rings. The van der Waals surface area contributed by atoms with E-state index in [0.29, 0.717) is 32.1 Å². The third-order valence-corrected chi connectivity index (χ3v) is 15.5.